The lowest BCUT2D eigenvalue weighted by molar-refractivity contribution is 0.342. The molecule has 3 nitrogen and oxygen atoms in total. The molecule has 1 aromatic heterocycles. The minimum absolute atomic E-state index is 0.689. The molecule has 2 heterocycles. The summed E-state index contributed by atoms with van der Waals surface area (Å²) in [5.41, 5.74) is 4.99. The number of hydrogen-bond acceptors (Lipinski definition) is 2. The molecule has 2 N–H and O–H groups in total. The predicted molar refractivity (Wildman–Crippen MR) is 69.6 cm³/mol. The lowest BCUT2D eigenvalue weighted by Crippen LogP contribution is -1.92. The van der Waals surface area contributed by atoms with Gasteiger partial charge in [-0.25, -0.2) is 0 Å². The molecule has 0 bridgehead atoms. The maximum Gasteiger partial charge on any atom is 0.144 e. The van der Waals surface area contributed by atoms with E-state index in [1.807, 2.05) is 19.3 Å². The first-order valence-electron chi connectivity index (χ1n) is 6.05. The van der Waals surface area contributed by atoms with Gasteiger partial charge in [-0.3, -0.25) is 0 Å². The second kappa shape index (κ2) is 4.17. The summed E-state index contributed by atoms with van der Waals surface area (Å²) >= 11 is 0. The van der Waals surface area contributed by atoms with Crippen LogP contribution in [0.5, 0.6) is 5.75 Å². The molecule has 0 unspecified atom stereocenters. The average molecular weight is 228 g/mol. The quantitative estimate of drug-likeness (QED) is 0.847. The Hall–Kier alpha value is -1.90. The first-order chi connectivity index (χ1) is 8.38. The number of fused-ring (bicyclic) bond motifs is 1. The zero-order valence-corrected chi connectivity index (χ0v) is 9.92. The van der Waals surface area contributed by atoms with Crippen LogP contribution in [-0.4, -0.2) is 18.1 Å². The first kappa shape index (κ1) is 10.3. The third-order valence-electron chi connectivity index (χ3n) is 3.14. The summed E-state index contributed by atoms with van der Waals surface area (Å²) in [4.78, 5) is 3.10. The van der Waals surface area contributed by atoms with E-state index in [1.165, 1.54) is 16.8 Å². The summed E-state index contributed by atoms with van der Waals surface area (Å²) in [6.45, 7) is 3.74. The van der Waals surface area contributed by atoms with E-state index in [0.29, 0.717) is 6.61 Å². The lowest BCUT2D eigenvalue weighted by Gasteiger charge is -2.07. The van der Waals surface area contributed by atoms with Gasteiger partial charge >= 0.3 is 0 Å². The molecule has 0 aliphatic carbocycles. The minimum Gasteiger partial charge on any atom is -0.492 e. The van der Waals surface area contributed by atoms with Crippen LogP contribution in [0.3, 0.4) is 0 Å². The Kier molecular flexibility index (Phi) is 2.52. The number of hydrogen-bond donors (Lipinski definition) is 2. The van der Waals surface area contributed by atoms with E-state index in [-0.39, 0.29) is 0 Å². The van der Waals surface area contributed by atoms with Gasteiger partial charge in [-0.1, -0.05) is 12.1 Å². The van der Waals surface area contributed by atoms with Crippen LogP contribution in [0.4, 0.5) is 5.69 Å². The van der Waals surface area contributed by atoms with E-state index in [2.05, 4.69) is 28.5 Å². The molecule has 88 valence electrons. The van der Waals surface area contributed by atoms with Crippen molar-refractivity contribution in [3.05, 3.63) is 36.2 Å². The summed E-state index contributed by atoms with van der Waals surface area (Å²) in [6.07, 6.45) is 5.02. The van der Waals surface area contributed by atoms with Gasteiger partial charge in [-0.15, -0.1) is 0 Å². The summed E-state index contributed by atoms with van der Waals surface area (Å²) in [6, 6.07) is 6.57. The van der Waals surface area contributed by atoms with Gasteiger partial charge in [-0.2, -0.15) is 0 Å². The normalized spacial score (nSPS) is 13.2. The molecule has 1 aromatic carbocycles. The summed E-state index contributed by atoms with van der Waals surface area (Å²) in [5, 5.41) is 3.40. The van der Waals surface area contributed by atoms with Crippen LogP contribution in [0.25, 0.3) is 11.1 Å². The fourth-order valence-electron chi connectivity index (χ4n) is 2.31. The Morgan fingerprint density at radius 3 is 3.12 bits per heavy atom. The topological polar surface area (TPSA) is 37.0 Å². The largest absolute Gasteiger partial charge is 0.492 e. The molecule has 0 amide bonds. The molecule has 0 fully saturated rings. The SMILES string of the molecule is CCOc1c[nH]cc1-c1ccc2c(c1)NCC2. The molecule has 0 spiro atoms. The predicted octanol–water partition coefficient (Wildman–Crippen LogP) is 3.05. The Bertz CT molecular complexity index is 531. The fourth-order valence-corrected chi connectivity index (χ4v) is 2.31. The van der Waals surface area contributed by atoms with E-state index in [9.17, 15) is 0 Å². The standard InChI is InChI=1S/C14H16N2O/c1-2-17-14-9-15-8-12(14)11-4-3-10-5-6-16-13(10)7-11/h3-4,7-9,15-16H,2,5-6H2,1H3. The van der Waals surface area contributed by atoms with Gasteiger partial charge in [0.25, 0.3) is 0 Å². The van der Waals surface area contributed by atoms with Gasteiger partial charge in [-0.05, 0) is 30.5 Å². The molecule has 17 heavy (non-hydrogen) atoms. The highest BCUT2D eigenvalue weighted by Gasteiger charge is 2.13. The maximum atomic E-state index is 5.60. The van der Waals surface area contributed by atoms with Crippen molar-refractivity contribution in [2.24, 2.45) is 0 Å². The first-order valence-corrected chi connectivity index (χ1v) is 6.05. The monoisotopic (exact) mass is 228 g/mol. The summed E-state index contributed by atoms with van der Waals surface area (Å²) in [5.74, 6) is 0.922. The van der Waals surface area contributed by atoms with Crippen molar-refractivity contribution in [3.8, 4) is 16.9 Å². The number of aromatic nitrogens is 1. The second-order valence-corrected chi connectivity index (χ2v) is 4.21. The Morgan fingerprint density at radius 1 is 1.29 bits per heavy atom. The number of anilines is 1. The maximum absolute atomic E-state index is 5.60. The van der Waals surface area contributed by atoms with Gasteiger partial charge in [0.15, 0.2) is 0 Å². The Morgan fingerprint density at radius 2 is 2.24 bits per heavy atom. The van der Waals surface area contributed by atoms with Crippen LogP contribution in [0.15, 0.2) is 30.6 Å². The minimum atomic E-state index is 0.689. The zero-order valence-electron chi connectivity index (χ0n) is 9.92. The summed E-state index contributed by atoms with van der Waals surface area (Å²) < 4.78 is 5.60. The van der Waals surface area contributed by atoms with Crippen LogP contribution in [-0.2, 0) is 6.42 Å². The number of nitrogens with one attached hydrogen (secondary N) is 2. The Labute approximate surface area is 101 Å². The van der Waals surface area contributed by atoms with Gasteiger partial charge < -0.3 is 15.0 Å². The molecule has 3 rings (SSSR count). The van der Waals surface area contributed by atoms with E-state index < -0.39 is 0 Å². The number of rotatable bonds is 3. The van der Waals surface area contributed by atoms with Crippen LogP contribution < -0.4 is 10.1 Å². The van der Waals surface area contributed by atoms with Gasteiger partial charge in [0.05, 0.1) is 6.61 Å². The van der Waals surface area contributed by atoms with Crippen LogP contribution >= 0.6 is 0 Å². The van der Waals surface area contributed by atoms with Gasteiger partial charge in [0.2, 0.25) is 0 Å². The van der Waals surface area contributed by atoms with Crippen molar-refractivity contribution in [1.29, 1.82) is 0 Å². The highest BCUT2D eigenvalue weighted by atomic mass is 16.5. The third kappa shape index (κ3) is 1.78. The molecular formula is C14H16N2O. The molecule has 1 aliphatic heterocycles. The van der Waals surface area contributed by atoms with Crippen molar-refractivity contribution < 1.29 is 4.74 Å². The van der Waals surface area contributed by atoms with Crippen molar-refractivity contribution in [3.63, 3.8) is 0 Å². The number of benzene rings is 1. The fraction of sp³-hybridized carbons (Fsp3) is 0.286. The van der Waals surface area contributed by atoms with Crippen LogP contribution in [0.1, 0.15) is 12.5 Å². The highest BCUT2D eigenvalue weighted by Crippen LogP contribution is 2.34. The molecule has 0 radical (unpaired) electrons. The van der Waals surface area contributed by atoms with Crippen molar-refractivity contribution in [1.82, 2.24) is 4.98 Å². The number of H-pyrrole nitrogens is 1. The molecule has 1 aliphatic rings. The van der Waals surface area contributed by atoms with Gasteiger partial charge in [0.1, 0.15) is 5.75 Å². The molecule has 0 atom stereocenters. The Balaban J connectivity index is 2.00. The molecular weight excluding hydrogens is 212 g/mol. The zero-order chi connectivity index (χ0) is 11.7. The molecule has 0 saturated heterocycles. The van der Waals surface area contributed by atoms with Crippen molar-refractivity contribution >= 4 is 5.69 Å². The van der Waals surface area contributed by atoms with E-state index in [1.54, 1.807) is 0 Å². The lowest BCUT2D eigenvalue weighted by atomic mass is 10.0. The van der Waals surface area contributed by atoms with E-state index >= 15 is 0 Å². The third-order valence-corrected chi connectivity index (χ3v) is 3.14. The smallest absolute Gasteiger partial charge is 0.144 e. The summed E-state index contributed by atoms with van der Waals surface area (Å²) in [7, 11) is 0. The van der Waals surface area contributed by atoms with Crippen molar-refractivity contribution in [2.45, 2.75) is 13.3 Å². The molecule has 0 saturated carbocycles. The number of ether oxygens (including phenoxy) is 1. The highest BCUT2D eigenvalue weighted by molar-refractivity contribution is 5.75. The van der Waals surface area contributed by atoms with Crippen LogP contribution in [0.2, 0.25) is 0 Å². The average Bonchev–Trinajstić information content (AvgIpc) is 2.96. The van der Waals surface area contributed by atoms with E-state index in [0.717, 1.165) is 24.3 Å². The van der Waals surface area contributed by atoms with E-state index in [4.69, 9.17) is 4.74 Å². The second-order valence-electron chi connectivity index (χ2n) is 4.21. The van der Waals surface area contributed by atoms with Gasteiger partial charge in [0, 0.05) is 30.2 Å². The van der Waals surface area contributed by atoms with Crippen molar-refractivity contribution in [2.75, 3.05) is 18.5 Å². The molecule has 3 heteroatoms. The molecule has 2 aromatic rings. The number of aromatic amines is 1. The van der Waals surface area contributed by atoms with Crippen LogP contribution in [0, 0.1) is 0 Å².